The molecular weight excluding hydrogens is 518 g/mol. The monoisotopic (exact) mass is 543 g/mol. The molecule has 0 saturated carbocycles. The Hall–Kier alpha value is -4.10. The van der Waals surface area contributed by atoms with Crippen LogP contribution in [0.25, 0.3) is 0 Å². The number of hydrogen-bond acceptors (Lipinski definition) is 9. The van der Waals surface area contributed by atoms with Gasteiger partial charge in [-0.1, -0.05) is 12.1 Å². The molecule has 0 radical (unpaired) electrons. The highest BCUT2D eigenvalue weighted by Gasteiger charge is 2.45. The number of carbonyl (C=O) groups excluding carboxylic acids is 5. The molecule has 1 saturated heterocycles. The molecule has 200 valence electrons. The molecule has 2 aliphatic rings. The van der Waals surface area contributed by atoms with E-state index in [2.05, 4.69) is 10.6 Å². The molecule has 0 bridgehead atoms. The van der Waals surface area contributed by atoms with Crippen LogP contribution in [-0.2, 0) is 28.7 Å². The Bertz CT molecular complexity index is 1450. The van der Waals surface area contributed by atoms with E-state index in [9.17, 15) is 32.4 Å². The average molecular weight is 544 g/mol. The van der Waals surface area contributed by atoms with Crippen molar-refractivity contribution >= 4 is 45.3 Å². The van der Waals surface area contributed by atoms with E-state index in [1.54, 1.807) is 19.9 Å². The van der Waals surface area contributed by atoms with E-state index in [-0.39, 0.29) is 59.9 Å². The summed E-state index contributed by atoms with van der Waals surface area (Å²) in [7, 11) is -4.04. The summed E-state index contributed by atoms with van der Waals surface area (Å²) in [5, 5.41) is 4.71. The molecule has 0 aromatic heterocycles. The predicted octanol–water partition coefficient (Wildman–Crippen LogP) is 1.53. The third-order valence-corrected chi connectivity index (χ3v) is 7.39. The summed E-state index contributed by atoms with van der Waals surface area (Å²) in [6.45, 7) is 3.05. The van der Waals surface area contributed by atoms with Crippen LogP contribution in [-0.4, -0.2) is 62.1 Å². The molecule has 2 aromatic carbocycles. The molecule has 13 heteroatoms. The molecule has 1 unspecified atom stereocenters. The van der Waals surface area contributed by atoms with Gasteiger partial charge in [-0.2, -0.15) is 8.42 Å². The van der Waals surface area contributed by atoms with Crippen molar-refractivity contribution in [2.24, 2.45) is 0 Å². The number of carbonyl (C=O) groups is 5. The standard InChI is InChI=1S/C25H25N3O9S/c1-3-37-38(34,35)19-9-7-14(2)13-18(19)36-12-11-21(30)26-16-6-4-5-15-22(16)25(33)28(24(15)32)17-8-10-20(29)27-23(17)31/h4-7,9,13,17H,3,8,10-12H2,1-2H3,(H,26,30)(H,27,29,31). The third kappa shape index (κ3) is 5.29. The van der Waals surface area contributed by atoms with Gasteiger partial charge in [-0.25, -0.2) is 0 Å². The molecule has 2 aliphatic heterocycles. The van der Waals surface area contributed by atoms with Crippen molar-refractivity contribution in [1.82, 2.24) is 10.2 Å². The molecule has 38 heavy (non-hydrogen) atoms. The van der Waals surface area contributed by atoms with Gasteiger partial charge in [-0.05, 0) is 50.1 Å². The van der Waals surface area contributed by atoms with Crippen molar-refractivity contribution in [3.8, 4) is 5.75 Å². The number of fused-ring (bicyclic) bond motifs is 1. The van der Waals surface area contributed by atoms with Gasteiger partial charge >= 0.3 is 10.1 Å². The second-order valence-electron chi connectivity index (χ2n) is 8.63. The molecule has 4 rings (SSSR count). The summed E-state index contributed by atoms with van der Waals surface area (Å²) >= 11 is 0. The lowest BCUT2D eigenvalue weighted by Crippen LogP contribution is -2.54. The molecule has 2 aromatic rings. The van der Waals surface area contributed by atoms with Crippen LogP contribution >= 0.6 is 0 Å². The predicted molar refractivity (Wildman–Crippen MR) is 132 cm³/mol. The number of piperidine rings is 1. The number of benzene rings is 2. The van der Waals surface area contributed by atoms with Crippen LogP contribution in [0, 0.1) is 6.92 Å². The first-order valence-corrected chi connectivity index (χ1v) is 13.2. The largest absolute Gasteiger partial charge is 0.492 e. The summed E-state index contributed by atoms with van der Waals surface area (Å²) in [6.07, 6.45) is -0.207. The van der Waals surface area contributed by atoms with E-state index in [0.717, 1.165) is 10.5 Å². The second kappa shape index (κ2) is 10.7. The summed E-state index contributed by atoms with van der Waals surface area (Å²) in [4.78, 5) is 63.1. The Labute approximate surface area is 218 Å². The van der Waals surface area contributed by atoms with Gasteiger partial charge < -0.3 is 10.1 Å². The van der Waals surface area contributed by atoms with Crippen molar-refractivity contribution in [1.29, 1.82) is 0 Å². The first kappa shape index (κ1) is 26.9. The summed E-state index contributed by atoms with van der Waals surface area (Å²) in [6, 6.07) is 7.69. The molecule has 1 atom stereocenters. The minimum Gasteiger partial charge on any atom is -0.492 e. The van der Waals surface area contributed by atoms with Crippen LogP contribution in [0.1, 0.15) is 52.5 Å². The maximum absolute atomic E-state index is 13.1. The van der Waals surface area contributed by atoms with E-state index >= 15 is 0 Å². The number of hydrogen-bond donors (Lipinski definition) is 2. The molecule has 1 fully saturated rings. The van der Waals surface area contributed by atoms with Crippen molar-refractivity contribution in [3.05, 3.63) is 53.1 Å². The third-order valence-electron chi connectivity index (χ3n) is 5.97. The minimum atomic E-state index is -4.04. The van der Waals surface area contributed by atoms with Gasteiger partial charge in [0.15, 0.2) is 0 Å². The Kier molecular flexibility index (Phi) is 7.60. The smallest absolute Gasteiger partial charge is 0.300 e. The van der Waals surface area contributed by atoms with Gasteiger partial charge in [-0.15, -0.1) is 0 Å². The normalized spacial score (nSPS) is 17.3. The summed E-state index contributed by atoms with van der Waals surface area (Å²) in [5.41, 5.74) is 0.791. The molecule has 12 nitrogen and oxygen atoms in total. The fraction of sp³-hybridized carbons (Fsp3) is 0.320. The Morgan fingerprint density at radius 1 is 1.13 bits per heavy atom. The zero-order valence-corrected chi connectivity index (χ0v) is 21.4. The van der Waals surface area contributed by atoms with Gasteiger partial charge in [0.1, 0.15) is 16.7 Å². The molecule has 5 amide bonds. The zero-order valence-electron chi connectivity index (χ0n) is 20.6. The topological polar surface area (TPSA) is 165 Å². The van der Waals surface area contributed by atoms with Gasteiger partial charge in [-0.3, -0.25) is 38.4 Å². The van der Waals surface area contributed by atoms with Gasteiger partial charge in [0.2, 0.25) is 17.7 Å². The van der Waals surface area contributed by atoms with Crippen LogP contribution in [0.5, 0.6) is 5.75 Å². The van der Waals surface area contributed by atoms with Gasteiger partial charge in [0.05, 0.1) is 36.4 Å². The van der Waals surface area contributed by atoms with E-state index in [0.29, 0.717) is 0 Å². The van der Waals surface area contributed by atoms with Crippen molar-refractivity contribution in [2.45, 2.75) is 44.0 Å². The molecule has 0 aliphatic carbocycles. The fourth-order valence-corrected chi connectivity index (χ4v) is 5.27. The fourth-order valence-electron chi connectivity index (χ4n) is 4.24. The number of ether oxygens (including phenoxy) is 1. The molecular formula is C25H25N3O9S. The number of anilines is 1. The number of nitrogens with zero attached hydrogens (tertiary/aromatic N) is 1. The highest BCUT2D eigenvalue weighted by Crippen LogP contribution is 2.32. The Morgan fingerprint density at radius 3 is 2.61 bits per heavy atom. The van der Waals surface area contributed by atoms with E-state index in [1.807, 2.05) is 0 Å². The van der Waals surface area contributed by atoms with Gasteiger partial charge in [0.25, 0.3) is 11.8 Å². The number of imide groups is 2. The maximum atomic E-state index is 13.1. The van der Waals surface area contributed by atoms with Crippen LogP contribution in [0.15, 0.2) is 41.3 Å². The summed E-state index contributed by atoms with van der Waals surface area (Å²) in [5.74, 6) is -3.18. The number of rotatable bonds is 9. The molecule has 2 N–H and O–H groups in total. The summed E-state index contributed by atoms with van der Waals surface area (Å²) < 4.78 is 35.1. The lowest BCUT2D eigenvalue weighted by Gasteiger charge is -2.27. The van der Waals surface area contributed by atoms with Crippen molar-refractivity contribution in [2.75, 3.05) is 18.5 Å². The quantitative estimate of drug-likeness (QED) is 0.352. The zero-order chi connectivity index (χ0) is 27.6. The lowest BCUT2D eigenvalue weighted by atomic mass is 10.0. The van der Waals surface area contributed by atoms with Crippen LogP contribution < -0.4 is 15.4 Å². The average Bonchev–Trinajstić information content (AvgIpc) is 3.10. The number of nitrogens with one attached hydrogen (secondary N) is 2. The SMILES string of the molecule is CCOS(=O)(=O)c1ccc(C)cc1OCCC(=O)Nc1cccc2c1C(=O)N(C1CCC(=O)NC1=O)C2=O. The van der Waals surface area contributed by atoms with E-state index < -0.39 is 45.7 Å². The highest BCUT2D eigenvalue weighted by molar-refractivity contribution is 7.86. The lowest BCUT2D eigenvalue weighted by molar-refractivity contribution is -0.136. The highest BCUT2D eigenvalue weighted by atomic mass is 32.2. The minimum absolute atomic E-state index is 0.00906. The number of aryl methyl sites for hydroxylation is 1. The van der Waals surface area contributed by atoms with Crippen LogP contribution in [0.2, 0.25) is 0 Å². The van der Waals surface area contributed by atoms with Crippen LogP contribution in [0.3, 0.4) is 0 Å². The van der Waals surface area contributed by atoms with E-state index in [4.69, 9.17) is 8.92 Å². The second-order valence-corrected chi connectivity index (χ2v) is 10.2. The van der Waals surface area contributed by atoms with Crippen molar-refractivity contribution in [3.63, 3.8) is 0 Å². The maximum Gasteiger partial charge on any atom is 0.300 e. The molecule has 2 heterocycles. The van der Waals surface area contributed by atoms with E-state index in [1.165, 1.54) is 30.3 Å². The van der Waals surface area contributed by atoms with Crippen LogP contribution in [0.4, 0.5) is 5.69 Å². The number of amides is 5. The Balaban J connectivity index is 1.45. The van der Waals surface area contributed by atoms with Gasteiger partial charge in [0, 0.05) is 6.42 Å². The first-order chi connectivity index (χ1) is 18.0. The van der Waals surface area contributed by atoms with Crippen molar-refractivity contribution < 1.29 is 41.3 Å². The first-order valence-electron chi connectivity index (χ1n) is 11.8. The molecule has 0 spiro atoms. The Morgan fingerprint density at radius 2 is 1.89 bits per heavy atom.